The van der Waals surface area contributed by atoms with Crippen LogP contribution in [0.2, 0.25) is 5.02 Å². The molecule has 0 bridgehead atoms. The first-order valence-corrected chi connectivity index (χ1v) is 13.1. The Morgan fingerprint density at radius 1 is 1.18 bits per heavy atom. The Kier molecular flexibility index (Phi) is 6.40. The number of carbonyl (C=O) groups is 1. The van der Waals surface area contributed by atoms with Crippen LogP contribution in [0.1, 0.15) is 48.3 Å². The lowest BCUT2D eigenvalue weighted by Crippen LogP contribution is -2.42. The third kappa shape index (κ3) is 4.01. The van der Waals surface area contributed by atoms with Crippen molar-refractivity contribution in [2.45, 2.75) is 49.9 Å². The molecule has 1 N–H and O–H groups in total. The molecular formula is C26H26ClN3O3S. The van der Waals surface area contributed by atoms with Gasteiger partial charge in [0.2, 0.25) is 5.91 Å². The lowest BCUT2D eigenvalue weighted by molar-refractivity contribution is -0.121. The molecule has 0 saturated heterocycles. The highest BCUT2D eigenvalue weighted by Crippen LogP contribution is 2.36. The van der Waals surface area contributed by atoms with Gasteiger partial charge in [-0.3, -0.25) is 9.59 Å². The third-order valence-electron chi connectivity index (χ3n) is 6.72. The zero-order chi connectivity index (χ0) is 23.8. The maximum Gasteiger partial charge on any atom is 0.264 e. The highest BCUT2D eigenvalue weighted by atomic mass is 35.5. The van der Waals surface area contributed by atoms with E-state index in [9.17, 15) is 9.59 Å². The van der Waals surface area contributed by atoms with Gasteiger partial charge in [-0.05, 0) is 56.6 Å². The number of nitrogens with one attached hydrogen (secondary N) is 1. The SMILES string of the molecule is CSC(C(=O)NC1CCCC(n2c(=O)c3c(C)onc3c3c(Cl)cccc32)C1)c1ccccc1. The van der Waals surface area contributed by atoms with Gasteiger partial charge in [0.15, 0.2) is 0 Å². The number of aryl methyl sites for hydroxylation is 1. The number of pyridine rings is 1. The van der Waals surface area contributed by atoms with E-state index in [4.69, 9.17) is 16.1 Å². The monoisotopic (exact) mass is 495 g/mol. The normalized spacial score (nSPS) is 19.4. The van der Waals surface area contributed by atoms with Crippen LogP contribution in [0.25, 0.3) is 21.8 Å². The van der Waals surface area contributed by atoms with E-state index in [0.717, 1.165) is 35.7 Å². The Balaban J connectivity index is 1.48. The van der Waals surface area contributed by atoms with Crippen molar-refractivity contribution in [1.82, 2.24) is 15.0 Å². The molecule has 2 heterocycles. The standard InChI is InChI=1S/C26H26ClN3O3S/c1-15-21-23(29-33-15)22-19(27)12-7-13-20(22)30(26(21)32)18-11-6-10-17(14-18)28-25(31)24(34-2)16-8-4-3-5-9-16/h3-5,7-9,12-13,17-18,24H,6,10-11,14H2,1-2H3,(H,28,31). The zero-order valence-corrected chi connectivity index (χ0v) is 20.7. The van der Waals surface area contributed by atoms with Gasteiger partial charge in [0.1, 0.15) is 21.9 Å². The van der Waals surface area contributed by atoms with Gasteiger partial charge in [-0.15, -0.1) is 11.8 Å². The Morgan fingerprint density at radius 2 is 1.97 bits per heavy atom. The molecule has 2 aromatic carbocycles. The molecule has 2 aromatic heterocycles. The van der Waals surface area contributed by atoms with E-state index in [1.54, 1.807) is 13.0 Å². The average Bonchev–Trinajstić information content (AvgIpc) is 3.22. The lowest BCUT2D eigenvalue weighted by atomic mass is 9.90. The highest BCUT2D eigenvalue weighted by molar-refractivity contribution is 7.99. The van der Waals surface area contributed by atoms with Crippen molar-refractivity contribution < 1.29 is 9.32 Å². The fourth-order valence-electron chi connectivity index (χ4n) is 5.16. The quantitative estimate of drug-likeness (QED) is 0.378. The summed E-state index contributed by atoms with van der Waals surface area (Å²) in [7, 11) is 0. The first-order valence-electron chi connectivity index (χ1n) is 11.5. The molecule has 1 saturated carbocycles. The molecule has 3 unspecified atom stereocenters. The molecule has 1 amide bonds. The number of aromatic nitrogens is 2. The van der Waals surface area contributed by atoms with Crippen LogP contribution in [-0.4, -0.2) is 27.9 Å². The van der Waals surface area contributed by atoms with E-state index >= 15 is 0 Å². The number of halogens is 1. The summed E-state index contributed by atoms with van der Waals surface area (Å²) >= 11 is 8.09. The topological polar surface area (TPSA) is 77.1 Å². The molecule has 1 aliphatic rings. The Bertz CT molecular complexity index is 1420. The summed E-state index contributed by atoms with van der Waals surface area (Å²) in [6.07, 6.45) is 5.29. The molecule has 8 heteroatoms. The number of hydrogen-bond donors (Lipinski definition) is 1. The molecule has 6 nitrogen and oxygen atoms in total. The van der Waals surface area contributed by atoms with Crippen molar-refractivity contribution >= 4 is 51.1 Å². The number of nitrogens with zero attached hydrogens (tertiary/aromatic N) is 2. The summed E-state index contributed by atoms with van der Waals surface area (Å²) in [6.45, 7) is 1.75. The van der Waals surface area contributed by atoms with Gasteiger partial charge in [-0.2, -0.15) is 0 Å². The second-order valence-electron chi connectivity index (χ2n) is 8.82. The predicted molar refractivity (Wildman–Crippen MR) is 138 cm³/mol. The van der Waals surface area contributed by atoms with E-state index in [2.05, 4.69) is 10.5 Å². The first kappa shape index (κ1) is 23.0. The summed E-state index contributed by atoms with van der Waals surface area (Å²) in [5.74, 6) is 0.497. The minimum absolute atomic E-state index is 0.00919. The first-order chi connectivity index (χ1) is 16.5. The number of thioether (sulfide) groups is 1. The summed E-state index contributed by atoms with van der Waals surface area (Å²) < 4.78 is 7.22. The Morgan fingerprint density at radius 3 is 2.74 bits per heavy atom. The van der Waals surface area contributed by atoms with Crippen molar-refractivity contribution in [3.05, 3.63) is 75.2 Å². The van der Waals surface area contributed by atoms with Gasteiger partial charge < -0.3 is 14.4 Å². The summed E-state index contributed by atoms with van der Waals surface area (Å²) in [4.78, 5) is 26.8. The number of rotatable bonds is 5. The Labute approximate surface area is 206 Å². The zero-order valence-electron chi connectivity index (χ0n) is 19.1. The number of amides is 1. The van der Waals surface area contributed by atoms with Crippen LogP contribution in [0.4, 0.5) is 0 Å². The molecule has 34 heavy (non-hydrogen) atoms. The van der Waals surface area contributed by atoms with Gasteiger partial charge >= 0.3 is 0 Å². The molecule has 176 valence electrons. The van der Waals surface area contributed by atoms with Gasteiger partial charge in [0.05, 0.1) is 10.5 Å². The van der Waals surface area contributed by atoms with E-state index in [-0.39, 0.29) is 28.8 Å². The van der Waals surface area contributed by atoms with Crippen LogP contribution in [0.15, 0.2) is 57.8 Å². The maximum absolute atomic E-state index is 13.6. The molecule has 0 aliphatic heterocycles. The number of benzene rings is 2. The molecular weight excluding hydrogens is 470 g/mol. The molecule has 1 fully saturated rings. The van der Waals surface area contributed by atoms with Crippen LogP contribution in [0.5, 0.6) is 0 Å². The third-order valence-corrected chi connectivity index (χ3v) is 7.99. The van der Waals surface area contributed by atoms with Crippen LogP contribution >= 0.6 is 23.4 Å². The number of hydrogen-bond acceptors (Lipinski definition) is 5. The van der Waals surface area contributed by atoms with E-state index in [1.165, 1.54) is 11.8 Å². The van der Waals surface area contributed by atoms with Gasteiger partial charge in [-0.1, -0.05) is 53.2 Å². The van der Waals surface area contributed by atoms with Gasteiger partial charge in [-0.25, -0.2) is 0 Å². The van der Waals surface area contributed by atoms with Crippen molar-refractivity contribution in [3.8, 4) is 0 Å². The predicted octanol–water partition coefficient (Wildman–Crippen LogP) is 5.81. The number of carbonyl (C=O) groups excluding carboxylic acids is 1. The summed E-state index contributed by atoms with van der Waals surface area (Å²) in [6, 6.07) is 15.3. The van der Waals surface area contributed by atoms with Crippen molar-refractivity contribution in [1.29, 1.82) is 0 Å². The summed E-state index contributed by atoms with van der Waals surface area (Å²) in [5.41, 5.74) is 2.13. The molecule has 5 rings (SSSR count). The molecule has 1 aliphatic carbocycles. The van der Waals surface area contributed by atoms with Crippen molar-refractivity contribution in [2.75, 3.05) is 6.26 Å². The molecule has 3 atom stereocenters. The van der Waals surface area contributed by atoms with E-state index in [0.29, 0.717) is 28.1 Å². The fraction of sp³-hybridized carbons (Fsp3) is 0.346. The van der Waals surface area contributed by atoms with Gasteiger partial charge in [0, 0.05) is 17.5 Å². The smallest absolute Gasteiger partial charge is 0.264 e. The van der Waals surface area contributed by atoms with Crippen LogP contribution < -0.4 is 10.9 Å². The second kappa shape index (κ2) is 9.47. The Hall–Kier alpha value is -2.77. The van der Waals surface area contributed by atoms with E-state index in [1.807, 2.05) is 53.3 Å². The van der Waals surface area contributed by atoms with Crippen LogP contribution in [0, 0.1) is 6.92 Å². The van der Waals surface area contributed by atoms with Crippen LogP contribution in [-0.2, 0) is 4.79 Å². The largest absolute Gasteiger partial charge is 0.360 e. The fourth-order valence-corrected chi connectivity index (χ4v) is 6.13. The van der Waals surface area contributed by atoms with Crippen LogP contribution in [0.3, 0.4) is 0 Å². The minimum atomic E-state index is -0.264. The van der Waals surface area contributed by atoms with Crippen molar-refractivity contribution in [3.63, 3.8) is 0 Å². The molecule has 4 aromatic rings. The minimum Gasteiger partial charge on any atom is -0.360 e. The van der Waals surface area contributed by atoms with Gasteiger partial charge in [0.25, 0.3) is 5.56 Å². The molecule has 0 spiro atoms. The maximum atomic E-state index is 13.6. The average molecular weight is 496 g/mol. The molecule has 0 radical (unpaired) electrons. The second-order valence-corrected chi connectivity index (χ2v) is 10.2. The highest BCUT2D eigenvalue weighted by Gasteiger charge is 2.30. The lowest BCUT2D eigenvalue weighted by Gasteiger charge is -2.32. The summed E-state index contributed by atoms with van der Waals surface area (Å²) in [5, 5.41) is 8.87. The van der Waals surface area contributed by atoms with Crippen molar-refractivity contribution in [2.24, 2.45) is 0 Å². The number of fused-ring (bicyclic) bond motifs is 3. The van der Waals surface area contributed by atoms with E-state index < -0.39 is 0 Å².